The van der Waals surface area contributed by atoms with Gasteiger partial charge in [-0.3, -0.25) is 0 Å². The first-order valence-electron chi connectivity index (χ1n) is 10.3. The third-order valence-corrected chi connectivity index (χ3v) is 5.90. The fourth-order valence-electron chi connectivity index (χ4n) is 3.98. The van der Waals surface area contributed by atoms with Crippen molar-refractivity contribution in [3.63, 3.8) is 0 Å². The second-order valence-corrected chi connectivity index (χ2v) is 8.53. The summed E-state index contributed by atoms with van der Waals surface area (Å²) >= 11 is 0. The van der Waals surface area contributed by atoms with Gasteiger partial charge in [-0.25, -0.2) is 4.79 Å². The molecule has 158 valence electrons. The maximum absolute atomic E-state index is 12.0. The highest BCUT2D eigenvalue weighted by Crippen LogP contribution is 2.46. The standard InChI is InChI=1S/C24H32O5/c1-15(2)8-6-9-16(3)10-7-11-24(4)21(25)13-18-20(27-5)12-17-19(22(18)29-24)14-28-23(17)26/h8,10,12,21,25H,6-7,9,11,13-14H2,1-5H3/b16-10+/t21-,24+/m0/s1. The van der Waals surface area contributed by atoms with Crippen LogP contribution in [0.4, 0.5) is 0 Å². The Morgan fingerprint density at radius 2 is 2.03 bits per heavy atom. The average Bonchev–Trinajstić information content (AvgIpc) is 3.03. The molecule has 0 bridgehead atoms. The van der Waals surface area contributed by atoms with Crippen molar-refractivity contribution >= 4 is 5.97 Å². The van der Waals surface area contributed by atoms with Crippen molar-refractivity contribution in [2.75, 3.05) is 7.11 Å². The lowest BCUT2D eigenvalue weighted by atomic mass is 9.84. The number of carbonyl (C=O) groups is 1. The molecule has 0 amide bonds. The predicted molar refractivity (Wildman–Crippen MR) is 113 cm³/mol. The van der Waals surface area contributed by atoms with Gasteiger partial charge in [0.05, 0.1) is 18.8 Å². The topological polar surface area (TPSA) is 65.0 Å². The van der Waals surface area contributed by atoms with Crippen LogP contribution in [0.2, 0.25) is 0 Å². The first-order valence-corrected chi connectivity index (χ1v) is 10.3. The number of fused-ring (bicyclic) bond motifs is 3. The smallest absolute Gasteiger partial charge is 0.339 e. The first kappa shape index (κ1) is 21.4. The molecule has 2 aliphatic rings. The van der Waals surface area contributed by atoms with Gasteiger partial charge < -0.3 is 19.3 Å². The van der Waals surface area contributed by atoms with Crippen LogP contribution in [-0.2, 0) is 17.8 Å². The predicted octanol–water partition coefficient (Wildman–Crippen LogP) is 4.89. The lowest BCUT2D eigenvalue weighted by Crippen LogP contribution is -2.49. The second-order valence-electron chi connectivity index (χ2n) is 8.53. The molecule has 0 unspecified atom stereocenters. The number of methoxy groups -OCH3 is 1. The minimum Gasteiger partial charge on any atom is -0.496 e. The van der Waals surface area contributed by atoms with Gasteiger partial charge in [-0.15, -0.1) is 0 Å². The van der Waals surface area contributed by atoms with Gasteiger partial charge in [0, 0.05) is 17.5 Å². The average molecular weight is 401 g/mol. The van der Waals surface area contributed by atoms with E-state index in [1.54, 1.807) is 13.2 Å². The Kier molecular flexibility index (Phi) is 6.37. The molecule has 0 spiro atoms. The van der Waals surface area contributed by atoms with Gasteiger partial charge in [0.15, 0.2) is 0 Å². The lowest BCUT2D eigenvalue weighted by Gasteiger charge is -2.41. The second kappa shape index (κ2) is 8.62. The molecule has 1 aromatic rings. The number of allylic oxidation sites excluding steroid dienone is 4. The summed E-state index contributed by atoms with van der Waals surface area (Å²) in [6, 6.07) is 1.70. The van der Waals surface area contributed by atoms with Crippen LogP contribution in [0.3, 0.4) is 0 Å². The van der Waals surface area contributed by atoms with E-state index in [9.17, 15) is 9.90 Å². The largest absolute Gasteiger partial charge is 0.496 e. The van der Waals surface area contributed by atoms with Gasteiger partial charge in [0.2, 0.25) is 0 Å². The van der Waals surface area contributed by atoms with E-state index < -0.39 is 11.7 Å². The summed E-state index contributed by atoms with van der Waals surface area (Å²) in [5.74, 6) is 0.850. The fourth-order valence-corrected chi connectivity index (χ4v) is 3.98. The van der Waals surface area contributed by atoms with Crippen molar-refractivity contribution in [1.29, 1.82) is 0 Å². The van der Waals surface area contributed by atoms with Crippen LogP contribution in [0.15, 0.2) is 29.4 Å². The summed E-state index contributed by atoms with van der Waals surface area (Å²) in [5, 5.41) is 10.9. The summed E-state index contributed by atoms with van der Waals surface area (Å²) < 4.78 is 17.0. The molecule has 5 heteroatoms. The number of rotatable bonds is 7. The van der Waals surface area contributed by atoms with Crippen LogP contribution < -0.4 is 9.47 Å². The molecule has 2 aliphatic heterocycles. The maximum Gasteiger partial charge on any atom is 0.339 e. The van der Waals surface area contributed by atoms with Crippen molar-refractivity contribution in [3.8, 4) is 11.5 Å². The molecule has 2 heterocycles. The number of hydrogen-bond donors (Lipinski definition) is 1. The van der Waals surface area contributed by atoms with Crippen LogP contribution in [0.1, 0.15) is 74.9 Å². The zero-order chi connectivity index (χ0) is 21.2. The number of hydrogen-bond acceptors (Lipinski definition) is 5. The molecule has 0 radical (unpaired) electrons. The minimum absolute atomic E-state index is 0.204. The molecular formula is C24H32O5. The molecule has 0 aromatic heterocycles. The van der Waals surface area contributed by atoms with Crippen molar-refractivity contribution < 1.29 is 24.1 Å². The highest BCUT2D eigenvalue weighted by Gasteiger charge is 2.43. The van der Waals surface area contributed by atoms with Crippen molar-refractivity contribution in [3.05, 3.63) is 46.1 Å². The zero-order valence-electron chi connectivity index (χ0n) is 18.1. The molecule has 0 saturated heterocycles. The molecule has 0 aliphatic carbocycles. The minimum atomic E-state index is -0.727. The van der Waals surface area contributed by atoms with Gasteiger partial charge in [-0.2, -0.15) is 0 Å². The maximum atomic E-state index is 12.0. The Balaban J connectivity index is 1.76. The highest BCUT2D eigenvalue weighted by molar-refractivity contribution is 5.95. The van der Waals surface area contributed by atoms with E-state index in [1.807, 2.05) is 6.92 Å². The number of ether oxygens (including phenoxy) is 3. The van der Waals surface area contributed by atoms with E-state index >= 15 is 0 Å². The van der Waals surface area contributed by atoms with Crippen molar-refractivity contribution in [2.45, 2.75) is 78.1 Å². The number of cyclic esters (lactones) is 1. The third-order valence-electron chi connectivity index (χ3n) is 5.90. The summed E-state index contributed by atoms with van der Waals surface area (Å²) in [5.41, 5.74) is 4.02. The van der Waals surface area contributed by atoms with Gasteiger partial charge in [0.25, 0.3) is 0 Å². The third kappa shape index (κ3) is 4.50. The van der Waals surface area contributed by atoms with E-state index in [1.165, 1.54) is 11.1 Å². The molecular weight excluding hydrogens is 368 g/mol. The SMILES string of the molecule is COc1cc2c(c3c1C[C@H](O)[C@@](C)(CC/C=C(\C)CCC=C(C)C)O3)COC2=O. The molecule has 0 saturated carbocycles. The molecule has 0 fully saturated rings. The van der Waals surface area contributed by atoms with Crippen LogP contribution in [0.5, 0.6) is 11.5 Å². The summed E-state index contributed by atoms with van der Waals surface area (Å²) in [7, 11) is 1.56. The lowest BCUT2D eigenvalue weighted by molar-refractivity contribution is -0.0601. The summed E-state index contributed by atoms with van der Waals surface area (Å²) in [4.78, 5) is 12.0. The molecule has 2 atom stereocenters. The Bertz CT molecular complexity index is 847. The Hall–Kier alpha value is -2.27. The van der Waals surface area contributed by atoms with Crippen LogP contribution in [0, 0.1) is 0 Å². The van der Waals surface area contributed by atoms with E-state index in [0.29, 0.717) is 29.9 Å². The van der Waals surface area contributed by atoms with Gasteiger partial charge in [-0.1, -0.05) is 23.3 Å². The fraction of sp³-hybridized carbons (Fsp3) is 0.542. The van der Waals surface area contributed by atoms with Gasteiger partial charge in [-0.05, 0) is 59.4 Å². The van der Waals surface area contributed by atoms with Crippen molar-refractivity contribution in [1.82, 2.24) is 0 Å². The molecule has 3 rings (SSSR count). The van der Waals surface area contributed by atoms with Gasteiger partial charge in [0.1, 0.15) is 23.7 Å². The van der Waals surface area contributed by atoms with Crippen LogP contribution in [-0.4, -0.2) is 29.9 Å². The van der Waals surface area contributed by atoms with Crippen LogP contribution in [0.25, 0.3) is 0 Å². The summed E-state index contributed by atoms with van der Waals surface area (Å²) in [6.45, 7) is 8.52. The number of aliphatic hydroxyl groups excluding tert-OH is 1. The Morgan fingerprint density at radius 3 is 2.72 bits per heavy atom. The van der Waals surface area contributed by atoms with E-state index in [-0.39, 0.29) is 12.6 Å². The number of esters is 1. The van der Waals surface area contributed by atoms with Crippen LogP contribution >= 0.6 is 0 Å². The van der Waals surface area contributed by atoms with Crippen molar-refractivity contribution in [2.24, 2.45) is 0 Å². The summed E-state index contributed by atoms with van der Waals surface area (Å²) in [6.07, 6.45) is 7.87. The normalized spacial score (nSPS) is 23.0. The Labute approximate surface area is 173 Å². The first-order chi connectivity index (χ1) is 13.7. The molecule has 1 N–H and O–H groups in total. The zero-order valence-corrected chi connectivity index (χ0v) is 18.1. The van der Waals surface area contributed by atoms with E-state index in [2.05, 4.69) is 32.9 Å². The Morgan fingerprint density at radius 1 is 1.28 bits per heavy atom. The van der Waals surface area contributed by atoms with Gasteiger partial charge >= 0.3 is 5.97 Å². The monoisotopic (exact) mass is 400 g/mol. The van der Waals surface area contributed by atoms with E-state index in [0.717, 1.165) is 30.4 Å². The number of benzene rings is 1. The number of carbonyl (C=O) groups excluding carboxylic acids is 1. The van der Waals surface area contributed by atoms with E-state index in [4.69, 9.17) is 14.2 Å². The molecule has 29 heavy (non-hydrogen) atoms. The molecule has 1 aromatic carbocycles. The number of aliphatic hydroxyl groups is 1. The quantitative estimate of drug-likeness (QED) is 0.521. The molecule has 5 nitrogen and oxygen atoms in total. The highest BCUT2D eigenvalue weighted by atomic mass is 16.5.